The van der Waals surface area contributed by atoms with Crippen molar-refractivity contribution in [3.63, 3.8) is 0 Å². The molecule has 5 N–H and O–H groups in total. The van der Waals surface area contributed by atoms with Crippen molar-refractivity contribution in [1.82, 2.24) is 10.2 Å². The summed E-state index contributed by atoms with van der Waals surface area (Å²) in [6.45, 7) is 4.57. The second-order valence-electron chi connectivity index (χ2n) is 8.30. The Balaban J connectivity index is 2.15. The maximum absolute atomic E-state index is 13.0. The average molecular weight is 505 g/mol. The molecule has 2 heterocycles. The molecule has 1 amide bonds. The number of nitrogens with one attached hydrogen (secondary N) is 1. The summed E-state index contributed by atoms with van der Waals surface area (Å²) >= 11 is 7.38. The maximum atomic E-state index is 13.0. The van der Waals surface area contributed by atoms with Crippen molar-refractivity contribution in [1.29, 1.82) is 0 Å². The van der Waals surface area contributed by atoms with Gasteiger partial charge in [-0.05, 0) is 39.0 Å². The number of ether oxygens (including phenoxy) is 1. The van der Waals surface area contributed by atoms with Crippen LogP contribution in [0.15, 0.2) is 0 Å². The Morgan fingerprint density at radius 2 is 2.03 bits per heavy atom. The van der Waals surface area contributed by atoms with E-state index >= 15 is 0 Å². The third-order valence-electron chi connectivity index (χ3n) is 5.87. The van der Waals surface area contributed by atoms with E-state index in [4.69, 9.17) is 26.1 Å². The molecule has 0 spiro atoms. The zero-order valence-electron chi connectivity index (χ0n) is 18.1. The minimum Gasteiger partial charge on any atom is -0.388 e. The standard InChI is InChI=1S/C18H34ClN2O8PS/c1-5-6-10-7-11(21(3)8-10)17(24)20-12(9(2)19)15-13(22)14(23)16(18(28-15)31-4)29-30(25,26)27/h9-16,18,22-23H,5-8H2,1-4H3,(H,20,24)(H2,25,26,27)/t9-,10+,11-,12?,13+,14-,15?,16+,18+/m0/s1. The number of hydrogen-bond donors (Lipinski definition) is 5. The van der Waals surface area contributed by atoms with Crippen LogP contribution in [-0.4, -0.2) is 98.0 Å². The lowest BCUT2D eigenvalue weighted by Crippen LogP contribution is -2.65. The highest BCUT2D eigenvalue weighted by atomic mass is 35.5. The van der Waals surface area contributed by atoms with E-state index in [1.807, 2.05) is 11.9 Å². The van der Waals surface area contributed by atoms with E-state index in [0.717, 1.165) is 37.6 Å². The smallest absolute Gasteiger partial charge is 0.388 e. The van der Waals surface area contributed by atoms with Crippen LogP contribution < -0.4 is 5.32 Å². The molecule has 2 aliphatic heterocycles. The number of likely N-dealkylation sites (N-methyl/N-ethyl adjacent to an activating group) is 1. The van der Waals surface area contributed by atoms with Gasteiger partial charge in [0.1, 0.15) is 29.9 Å². The fraction of sp³-hybridized carbons (Fsp3) is 0.944. The summed E-state index contributed by atoms with van der Waals surface area (Å²) in [6, 6.07) is -1.18. The van der Waals surface area contributed by atoms with Crippen LogP contribution in [0.2, 0.25) is 0 Å². The topological polar surface area (TPSA) is 149 Å². The fourth-order valence-corrected chi connectivity index (χ4v) is 5.93. The number of alkyl halides is 1. The van der Waals surface area contributed by atoms with Gasteiger partial charge in [0, 0.05) is 6.54 Å². The molecule has 2 saturated heterocycles. The summed E-state index contributed by atoms with van der Waals surface area (Å²) < 4.78 is 21.7. The highest BCUT2D eigenvalue weighted by Crippen LogP contribution is 2.43. The molecule has 10 nitrogen and oxygen atoms in total. The van der Waals surface area contributed by atoms with Crippen LogP contribution in [0, 0.1) is 5.92 Å². The molecule has 182 valence electrons. The van der Waals surface area contributed by atoms with Gasteiger partial charge in [-0.3, -0.25) is 14.2 Å². The zero-order valence-corrected chi connectivity index (χ0v) is 20.6. The third-order valence-corrected chi connectivity index (χ3v) is 7.50. The summed E-state index contributed by atoms with van der Waals surface area (Å²) in [4.78, 5) is 33.3. The number of hydrogen-bond acceptors (Lipinski definition) is 8. The molecule has 2 aliphatic rings. The van der Waals surface area contributed by atoms with Gasteiger partial charge in [0.15, 0.2) is 0 Å². The molecule has 2 unspecified atom stereocenters. The Bertz CT molecular complexity index is 654. The summed E-state index contributed by atoms with van der Waals surface area (Å²) in [7, 11) is -3.04. The van der Waals surface area contributed by atoms with Crippen LogP contribution in [0.5, 0.6) is 0 Å². The molecule has 0 aromatic heterocycles. The van der Waals surface area contributed by atoms with Crippen molar-refractivity contribution in [3.8, 4) is 0 Å². The Morgan fingerprint density at radius 3 is 2.55 bits per heavy atom. The van der Waals surface area contributed by atoms with Crippen LogP contribution in [0.4, 0.5) is 0 Å². The number of aliphatic hydroxyl groups is 2. The Hall–Kier alpha value is 0.0600. The monoisotopic (exact) mass is 504 g/mol. The summed E-state index contributed by atoms with van der Waals surface area (Å²) in [5.74, 6) is 0.195. The van der Waals surface area contributed by atoms with Crippen LogP contribution >= 0.6 is 31.2 Å². The fourth-order valence-electron chi connectivity index (χ4n) is 4.37. The van der Waals surface area contributed by atoms with Crippen molar-refractivity contribution in [2.75, 3.05) is 19.8 Å². The molecule has 0 aromatic carbocycles. The number of likely N-dealkylation sites (tertiary alicyclic amines) is 1. The SMILES string of the molecule is CCC[C@@H]1C[C@@H](C(=O)NC(C2O[C@H](SC)[C@H](OP(=O)(O)O)[C@@H](O)[C@H]2O)[C@H](C)Cl)N(C)C1. The quantitative estimate of drug-likeness (QED) is 0.222. The molecule has 0 saturated carbocycles. The highest BCUT2D eigenvalue weighted by Gasteiger charge is 2.51. The normalized spacial score (nSPS) is 36.9. The summed E-state index contributed by atoms with van der Waals surface area (Å²) in [6.07, 6.45) is -1.37. The number of halogens is 1. The molecule has 0 aliphatic carbocycles. The van der Waals surface area contributed by atoms with Gasteiger partial charge in [0.2, 0.25) is 5.91 Å². The third kappa shape index (κ3) is 7.02. The summed E-state index contributed by atoms with van der Waals surface area (Å²) in [5.41, 5.74) is -0.992. The molecule has 9 atom stereocenters. The molecule has 0 radical (unpaired) electrons. The largest absolute Gasteiger partial charge is 0.470 e. The predicted molar refractivity (Wildman–Crippen MR) is 118 cm³/mol. The minimum absolute atomic E-state index is 0.238. The highest BCUT2D eigenvalue weighted by molar-refractivity contribution is 7.99. The van der Waals surface area contributed by atoms with Crippen molar-refractivity contribution < 1.29 is 38.6 Å². The van der Waals surface area contributed by atoms with Crippen LogP contribution in [0.1, 0.15) is 33.1 Å². The number of thioether (sulfide) groups is 1. The van der Waals surface area contributed by atoms with Gasteiger partial charge >= 0.3 is 7.82 Å². The van der Waals surface area contributed by atoms with E-state index in [-0.39, 0.29) is 11.9 Å². The number of amides is 1. The first-order chi connectivity index (χ1) is 14.4. The van der Waals surface area contributed by atoms with E-state index in [0.29, 0.717) is 5.92 Å². The van der Waals surface area contributed by atoms with Crippen molar-refractivity contribution in [2.45, 2.75) is 80.4 Å². The van der Waals surface area contributed by atoms with Gasteiger partial charge in [-0.1, -0.05) is 13.3 Å². The van der Waals surface area contributed by atoms with E-state index in [1.165, 1.54) is 0 Å². The Labute approximate surface area is 192 Å². The van der Waals surface area contributed by atoms with Gasteiger partial charge in [0.05, 0.1) is 17.5 Å². The first-order valence-corrected chi connectivity index (χ1v) is 13.6. The zero-order chi connectivity index (χ0) is 23.5. The van der Waals surface area contributed by atoms with Gasteiger partial charge in [-0.2, -0.15) is 0 Å². The van der Waals surface area contributed by atoms with Gasteiger partial charge in [-0.15, -0.1) is 23.4 Å². The van der Waals surface area contributed by atoms with Crippen LogP contribution in [-0.2, 0) is 18.6 Å². The molecule has 2 rings (SSSR count). The number of carbonyl (C=O) groups is 1. The van der Waals surface area contributed by atoms with Crippen LogP contribution in [0.25, 0.3) is 0 Å². The molecule has 2 fully saturated rings. The minimum atomic E-state index is -4.93. The lowest BCUT2D eigenvalue weighted by molar-refractivity contribution is -0.201. The van der Waals surface area contributed by atoms with Crippen molar-refractivity contribution >= 4 is 37.1 Å². The van der Waals surface area contributed by atoms with Gasteiger partial charge < -0.3 is 30.1 Å². The lowest BCUT2D eigenvalue weighted by Gasteiger charge is -2.45. The maximum Gasteiger partial charge on any atom is 0.470 e. The second kappa shape index (κ2) is 11.5. The van der Waals surface area contributed by atoms with E-state index in [1.54, 1.807) is 13.2 Å². The first-order valence-electron chi connectivity index (χ1n) is 10.3. The Morgan fingerprint density at radius 1 is 1.39 bits per heavy atom. The van der Waals surface area contributed by atoms with E-state index in [9.17, 15) is 19.6 Å². The summed E-state index contributed by atoms with van der Waals surface area (Å²) in [5, 5.41) is 23.4. The number of aliphatic hydroxyl groups excluding tert-OH is 2. The number of carbonyl (C=O) groups excluding carboxylic acids is 1. The molecule has 0 bridgehead atoms. The van der Waals surface area contributed by atoms with Gasteiger partial charge in [0.25, 0.3) is 0 Å². The average Bonchev–Trinajstić information content (AvgIpc) is 3.03. The first kappa shape index (κ1) is 27.3. The molecular weight excluding hydrogens is 471 g/mol. The predicted octanol–water partition coefficient (Wildman–Crippen LogP) is 0.506. The molecule has 31 heavy (non-hydrogen) atoms. The van der Waals surface area contributed by atoms with Gasteiger partial charge in [-0.25, -0.2) is 4.57 Å². The van der Waals surface area contributed by atoms with Crippen molar-refractivity contribution in [2.24, 2.45) is 5.92 Å². The number of phosphoric acid groups is 1. The molecule has 13 heteroatoms. The lowest BCUT2D eigenvalue weighted by atomic mass is 9.92. The Kier molecular flexibility index (Phi) is 10.1. The number of rotatable bonds is 9. The second-order valence-corrected chi connectivity index (χ2v) is 11.1. The number of nitrogens with zero attached hydrogens (tertiary/aromatic N) is 1. The number of phosphoric ester groups is 1. The van der Waals surface area contributed by atoms with E-state index in [2.05, 4.69) is 16.8 Å². The van der Waals surface area contributed by atoms with Crippen molar-refractivity contribution in [3.05, 3.63) is 0 Å². The van der Waals surface area contributed by atoms with E-state index < -0.39 is 49.1 Å². The van der Waals surface area contributed by atoms with Crippen LogP contribution in [0.3, 0.4) is 0 Å². The molecule has 0 aromatic rings. The molecular formula is C18H34ClN2O8PS.